The Morgan fingerprint density at radius 2 is 1.82 bits per heavy atom. The largest absolute Gasteiger partial charge is 0.444 e. The van der Waals surface area contributed by atoms with Gasteiger partial charge >= 0.3 is 6.09 Å². The van der Waals surface area contributed by atoms with Crippen LogP contribution in [0.3, 0.4) is 0 Å². The number of carbonyl (C=O) groups excluding carboxylic acids is 2. The molecule has 1 saturated carbocycles. The Morgan fingerprint density at radius 1 is 1.24 bits per heavy atom. The van der Waals surface area contributed by atoms with Crippen LogP contribution >= 0.6 is 0 Å². The van der Waals surface area contributed by atoms with E-state index in [1.807, 2.05) is 20.8 Å². The van der Waals surface area contributed by atoms with Crippen molar-refractivity contribution in [1.29, 1.82) is 0 Å². The Bertz CT molecular complexity index is 325. The van der Waals surface area contributed by atoms with E-state index in [-0.39, 0.29) is 24.0 Å². The molecule has 1 aliphatic heterocycles. The van der Waals surface area contributed by atoms with E-state index < -0.39 is 5.60 Å². The van der Waals surface area contributed by atoms with Crippen molar-refractivity contribution in [3.05, 3.63) is 0 Å². The predicted molar refractivity (Wildman–Crippen MR) is 62.5 cm³/mol. The Labute approximate surface area is 101 Å². The zero-order valence-corrected chi connectivity index (χ0v) is 10.7. The van der Waals surface area contributed by atoms with Crippen LogP contribution in [0.4, 0.5) is 4.79 Å². The normalized spacial score (nSPS) is 20.8. The van der Waals surface area contributed by atoms with Crippen molar-refractivity contribution in [2.45, 2.75) is 45.3 Å². The monoisotopic (exact) mass is 240 g/mol. The van der Waals surface area contributed by atoms with Crippen molar-refractivity contribution in [3.8, 4) is 0 Å². The number of hydrogen-bond donors (Lipinski definition) is 1. The van der Waals surface area contributed by atoms with Gasteiger partial charge in [-0.1, -0.05) is 0 Å². The lowest BCUT2D eigenvalue weighted by atomic mass is 10.1. The Morgan fingerprint density at radius 3 is 2.29 bits per heavy atom. The molecule has 0 aromatic carbocycles. The van der Waals surface area contributed by atoms with Crippen molar-refractivity contribution in [1.82, 2.24) is 10.2 Å². The van der Waals surface area contributed by atoms with Crippen molar-refractivity contribution in [2.24, 2.45) is 5.92 Å². The highest BCUT2D eigenvalue weighted by atomic mass is 16.6. The lowest BCUT2D eigenvalue weighted by Crippen LogP contribution is -2.61. The van der Waals surface area contributed by atoms with Crippen molar-refractivity contribution < 1.29 is 14.3 Å². The van der Waals surface area contributed by atoms with E-state index >= 15 is 0 Å². The fourth-order valence-electron chi connectivity index (χ4n) is 1.71. The van der Waals surface area contributed by atoms with Gasteiger partial charge in [-0.15, -0.1) is 0 Å². The molecule has 5 heteroatoms. The van der Waals surface area contributed by atoms with Gasteiger partial charge in [0.15, 0.2) is 0 Å². The van der Waals surface area contributed by atoms with Crippen LogP contribution in [0.25, 0.3) is 0 Å². The number of ether oxygens (including phenoxy) is 1. The number of nitrogens with zero attached hydrogens (tertiary/aromatic N) is 1. The van der Waals surface area contributed by atoms with E-state index in [9.17, 15) is 9.59 Å². The highest BCUT2D eigenvalue weighted by molar-refractivity contribution is 5.81. The molecule has 0 aromatic heterocycles. The number of rotatable bonds is 2. The van der Waals surface area contributed by atoms with Crippen LogP contribution in [-0.4, -0.2) is 41.6 Å². The summed E-state index contributed by atoms with van der Waals surface area (Å²) in [5.41, 5.74) is -0.459. The summed E-state index contributed by atoms with van der Waals surface area (Å²) in [5, 5.41) is 2.94. The number of carbonyl (C=O) groups is 2. The first-order valence-corrected chi connectivity index (χ1v) is 6.13. The van der Waals surface area contributed by atoms with Crippen LogP contribution in [0, 0.1) is 5.92 Å². The van der Waals surface area contributed by atoms with Crippen LogP contribution in [0.15, 0.2) is 0 Å². The molecule has 5 nitrogen and oxygen atoms in total. The molecule has 1 heterocycles. The Balaban J connectivity index is 1.67. The fraction of sp³-hybridized carbons (Fsp3) is 0.833. The summed E-state index contributed by atoms with van der Waals surface area (Å²) in [4.78, 5) is 24.7. The topological polar surface area (TPSA) is 58.6 Å². The third-order valence-corrected chi connectivity index (χ3v) is 2.83. The zero-order chi connectivity index (χ0) is 12.6. The fourth-order valence-corrected chi connectivity index (χ4v) is 1.71. The van der Waals surface area contributed by atoms with Gasteiger partial charge < -0.3 is 15.0 Å². The maximum absolute atomic E-state index is 11.6. The summed E-state index contributed by atoms with van der Waals surface area (Å²) in [6.45, 7) is 6.66. The summed E-state index contributed by atoms with van der Waals surface area (Å²) >= 11 is 0. The molecule has 0 bridgehead atoms. The maximum Gasteiger partial charge on any atom is 0.410 e. The molecule has 0 atom stereocenters. The summed E-state index contributed by atoms with van der Waals surface area (Å²) in [6, 6.07) is 0.107. The van der Waals surface area contributed by atoms with Crippen molar-refractivity contribution in [3.63, 3.8) is 0 Å². The molecular weight excluding hydrogens is 220 g/mol. The number of hydrogen-bond acceptors (Lipinski definition) is 3. The highest BCUT2D eigenvalue weighted by Crippen LogP contribution is 2.29. The van der Waals surface area contributed by atoms with Gasteiger partial charge in [0.05, 0.1) is 6.04 Å². The number of likely N-dealkylation sites (tertiary alicyclic amines) is 1. The van der Waals surface area contributed by atoms with Crippen LogP contribution in [0.5, 0.6) is 0 Å². The minimum atomic E-state index is -0.459. The van der Waals surface area contributed by atoms with Crippen molar-refractivity contribution in [2.75, 3.05) is 13.1 Å². The third-order valence-electron chi connectivity index (χ3n) is 2.83. The van der Waals surface area contributed by atoms with E-state index in [0.29, 0.717) is 13.1 Å². The minimum absolute atomic E-state index is 0.107. The summed E-state index contributed by atoms with van der Waals surface area (Å²) < 4.78 is 5.23. The second-order valence-corrected chi connectivity index (χ2v) is 5.87. The molecule has 2 aliphatic rings. The summed E-state index contributed by atoms with van der Waals surface area (Å²) in [7, 11) is 0. The smallest absolute Gasteiger partial charge is 0.410 e. The van der Waals surface area contributed by atoms with Gasteiger partial charge in [-0.3, -0.25) is 4.79 Å². The molecule has 96 valence electrons. The molecule has 1 saturated heterocycles. The quantitative estimate of drug-likeness (QED) is 0.787. The predicted octanol–water partition coefficient (Wildman–Crippen LogP) is 1.13. The first-order valence-electron chi connectivity index (χ1n) is 6.13. The molecule has 2 amide bonds. The van der Waals surface area contributed by atoms with Gasteiger partial charge in [0.2, 0.25) is 5.91 Å². The summed E-state index contributed by atoms with van der Waals surface area (Å²) in [6.07, 6.45) is 1.72. The minimum Gasteiger partial charge on any atom is -0.444 e. The highest BCUT2D eigenvalue weighted by Gasteiger charge is 2.37. The van der Waals surface area contributed by atoms with E-state index in [4.69, 9.17) is 4.74 Å². The first kappa shape index (κ1) is 12.2. The lowest BCUT2D eigenvalue weighted by Gasteiger charge is -2.40. The van der Waals surface area contributed by atoms with Crippen LogP contribution in [-0.2, 0) is 9.53 Å². The lowest BCUT2D eigenvalue weighted by molar-refractivity contribution is -0.124. The van der Waals surface area contributed by atoms with Gasteiger partial charge in [0.1, 0.15) is 5.60 Å². The van der Waals surface area contributed by atoms with Gasteiger partial charge in [-0.05, 0) is 33.6 Å². The molecule has 1 aliphatic carbocycles. The zero-order valence-electron chi connectivity index (χ0n) is 10.7. The van der Waals surface area contributed by atoms with Crippen LogP contribution in [0.1, 0.15) is 33.6 Å². The Hall–Kier alpha value is -1.26. The van der Waals surface area contributed by atoms with Gasteiger partial charge in [-0.2, -0.15) is 0 Å². The second-order valence-electron chi connectivity index (χ2n) is 5.87. The molecule has 0 unspecified atom stereocenters. The van der Waals surface area contributed by atoms with E-state index in [1.54, 1.807) is 4.90 Å². The standard InChI is InChI=1S/C12H20N2O3/c1-12(2,3)17-11(16)14-6-9(7-14)13-10(15)8-4-5-8/h8-9H,4-7H2,1-3H3,(H,13,15). The molecule has 0 spiro atoms. The van der Waals surface area contributed by atoms with Gasteiger partial charge in [0, 0.05) is 19.0 Å². The first-order chi connectivity index (χ1) is 7.85. The Kier molecular flexibility index (Phi) is 3.02. The van der Waals surface area contributed by atoms with Crippen LogP contribution < -0.4 is 5.32 Å². The molecular formula is C12H20N2O3. The van der Waals surface area contributed by atoms with Gasteiger partial charge in [0.25, 0.3) is 0 Å². The van der Waals surface area contributed by atoms with E-state index in [2.05, 4.69) is 5.32 Å². The number of nitrogens with one attached hydrogen (secondary N) is 1. The van der Waals surface area contributed by atoms with E-state index in [0.717, 1.165) is 12.8 Å². The van der Waals surface area contributed by atoms with Crippen LogP contribution in [0.2, 0.25) is 0 Å². The molecule has 0 aromatic rings. The van der Waals surface area contributed by atoms with Gasteiger partial charge in [-0.25, -0.2) is 4.79 Å². The SMILES string of the molecule is CC(C)(C)OC(=O)N1CC(NC(=O)C2CC2)C1. The van der Waals surface area contributed by atoms with E-state index in [1.165, 1.54) is 0 Å². The average Bonchev–Trinajstić information content (AvgIpc) is 2.88. The van der Waals surface area contributed by atoms with Crippen molar-refractivity contribution >= 4 is 12.0 Å². The summed E-state index contributed by atoms with van der Waals surface area (Å²) in [5.74, 6) is 0.365. The molecule has 17 heavy (non-hydrogen) atoms. The maximum atomic E-state index is 11.6. The molecule has 2 rings (SSSR count). The number of amides is 2. The third kappa shape index (κ3) is 3.35. The molecule has 2 fully saturated rings. The molecule has 1 N–H and O–H groups in total. The molecule has 0 radical (unpaired) electrons. The average molecular weight is 240 g/mol. The second kappa shape index (κ2) is 4.20.